The van der Waals surface area contributed by atoms with Crippen molar-refractivity contribution in [3.8, 4) is 0 Å². The standard InChI is InChI=1S/C10H18BrNO/c1-10(6-4-7-10)12-9(13)5-2-3-8-11/h2-8H2,1H3,(H,12,13). The third-order valence-corrected chi connectivity index (χ3v) is 3.25. The first kappa shape index (κ1) is 11.0. The van der Waals surface area contributed by atoms with Crippen LogP contribution in [-0.2, 0) is 4.79 Å². The molecule has 0 aromatic rings. The number of alkyl halides is 1. The number of unbranched alkanes of at least 4 members (excludes halogenated alkanes) is 1. The summed E-state index contributed by atoms with van der Waals surface area (Å²) in [7, 11) is 0. The predicted molar refractivity (Wildman–Crippen MR) is 58.0 cm³/mol. The van der Waals surface area contributed by atoms with Gasteiger partial charge in [-0.05, 0) is 39.0 Å². The van der Waals surface area contributed by atoms with Gasteiger partial charge in [-0.25, -0.2) is 0 Å². The fourth-order valence-electron chi connectivity index (χ4n) is 1.61. The highest BCUT2D eigenvalue weighted by atomic mass is 79.9. The molecule has 0 unspecified atom stereocenters. The van der Waals surface area contributed by atoms with Crippen LogP contribution in [0.5, 0.6) is 0 Å². The van der Waals surface area contributed by atoms with E-state index in [1.807, 2.05) is 0 Å². The molecule has 1 aliphatic carbocycles. The number of hydrogen-bond acceptors (Lipinski definition) is 1. The zero-order chi connectivity index (χ0) is 9.73. The molecule has 1 amide bonds. The molecular weight excluding hydrogens is 230 g/mol. The minimum absolute atomic E-state index is 0.130. The molecule has 0 aliphatic heterocycles. The predicted octanol–water partition coefficient (Wildman–Crippen LogP) is 2.61. The van der Waals surface area contributed by atoms with E-state index in [0.29, 0.717) is 6.42 Å². The van der Waals surface area contributed by atoms with Gasteiger partial charge in [0.15, 0.2) is 0 Å². The molecule has 2 nitrogen and oxygen atoms in total. The van der Waals surface area contributed by atoms with Crippen LogP contribution in [0.25, 0.3) is 0 Å². The Morgan fingerprint density at radius 3 is 2.62 bits per heavy atom. The number of carbonyl (C=O) groups excluding carboxylic acids is 1. The van der Waals surface area contributed by atoms with Crippen LogP contribution < -0.4 is 5.32 Å². The number of nitrogens with one attached hydrogen (secondary N) is 1. The summed E-state index contributed by atoms with van der Waals surface area (Å²) in [5, 5.41) is 4.09. The fraction of sp³-hybridized carbons (Fsp3) is 0.900. The third kappa shape index (κ3) is 3.67. The number of carbonyl (C=O) groups is 1. The van der Waals surface area contributed by atoms with Crippen molar-refractivity contribution in [3.05, 3.63) is 0 Å². The van der Waals surface area contributed by atoms with Gasteiger partial charge in [0.05, 0.1) is 0 Å². The number of amides is 1. The first-order valence-corrected chi connectivity index (χ1v) is 6.15. The lowest BCUT2D eigenvalue weighted by molar-refractivity contribution is -0.123. The minimum atomic E-state index is 0.130. The summed E-state index contributed by atoms with van der Waals surface area (Å²) in [6.07, 6.45) is 6.32. The minimum Gasteiger partial charge on any atom is -0.351 e. The van der Waals surface area contributed by atoms with Crippen molar-refractivity contribution in [2.45, 2.75) is 51.0 Å². The Hall–Kier alpha value is -0.0500. The lowest BCUT2D eigenvalue weighted by Gasteiger charge is -2.39. The summed E-state index contributed by atoms with van der Waals surface area (Å²) in [5.41, 5.74) is 0.130. The Morgan fingerprint density at radius 1 is 1.46 bits per heavy atom. The highest BCUT2D eigenvalue weighted by Crippen LogP contribution is 2.30. The molecule has 0 saturated heterocycles. The van der Waals surface area contributed by atoms with Crippen molar-refractivity contribution in [2.75, 3.05) is 5.33 Å². The topological polar surface area (TPSA) is 29.1 Å². The van der Waals surface area contributed by atoms with E-state index in [-0.39, 0.29) is 11.4 Å². The maximum atomic E-state index is 11.4. The summed E-state index contributed by atoms with van der Waals surface area (Å²) in [5.74, 6) is 0.225. The number of hydrogen-bond donors (Lipinski definition) is 1. The molecule has 1 saturated carbocycles. The summed E-state index contributed by atoms with van der Waals surface area (Å²) in [6, 6.07) is 0. The van der Waals surface area contributed by atoms with Gasteiger partial charge in [-0.3, -0.25) is 4.79 Å². The maximum Gasteiger partial charge on any atom is 0.220 e. The molecule has 1 fully saturated rings. The molecule has 76 valence electrons. The monoisotopic (exact) mass is 247 g/mol. The Morgan fingerprint density at radius 2 is 2.15 bits per heavy atom. The van der Waals surface area contributed by atoms with Gasteiger partial charge in [0, 0.05) is 17.3 Å². The van der Waals surface area contributed by atoms with E-state index >= 15 is 0 Å². The first-order valence-electron chi connectivity index (χ1n) is 5.03. The van der Waals surface area contributed by atoms with Gasteiger partial charge < -0.3 is 5.32 Å². The molecule has 0 heterocycles. The Bertz CT molecular complexity index is 178. The molecule has 0 bridgehead atoms. The second-order valence-corrected chi connectivity index (χ2v) is 4.90. The van der Waals surface area contributed by atoms with E-state index in [1.54, 1.807) is 0 Å². The summed E-state index contributed by atoms with van der Waals surface area (Å²) in [6.45, 7) is 2.14. The van der Waals surface area contributed by atoms with Gasteiger partial charge in [-0.1, -0.05) is 15.9 Å². The van der Waals surface area contributed by atoms with Crippen molar-refractivity contribution in [3.63, 3.8) is 0 Å². The lowest BCUT2D eigenvalue weighted by atomic mass is 9.78. The molecule has 1 aliphatic rings. The smallest absolute Gasteiger partial charge is 0.220 e. The van der Waals surface area contributed by atoms with Gasteiger partial charge in [0.1, 0.15) is 0 Å². The fourth-order valence-corrected chi connectivity index (χ4v) is 2.01. The molecule has 0 aromatic carbocycles. The van der Waals surface area contributed by atoms with Crippen molar-refractivity contribution >= 4 is 21.8 Å². The molecule has 1 N–H and O–H groups in total. The zero-order valence-corrected chi connectivity index (χ0v) is 9.82. The molecule has 0 spiro atoms. The molecule has 0 radical (unpaired) electrons. The third-order valence-electron chi connectivity index (χ3n) is 2.69. The maximum absolute atomic E-state index is 11.4. The van der Waals surface area contributed by atoms with E-state index in [2.05, 4.69) is 28.2 Å². The normalized spacial score (nSPS) is 19.2. The lowest BCUT2D eigenvalue weighted by Crippen LogP contribution is -2.50. The van der Waals surface area contributed by atoms with Crippen molar-refractivity contribution < 1.29 is 4.79 Å². The highest BCUT2D eigenvalue weighted by Gasteiger charge is 2.32. The first-order chi connectivity index (χ1) is 6.16. The Kier molecular flexibility index (Phi) is 4.23. The zero-order valence-electron chi connectivity index (χ0n) is 8.24. The molecule has 0 atom stereocenters. The van der Waals surface area contributed by atoms with Crippen LogP contribution in [0, 0.1) is 0 Å². The molecule has 13 heavy (non-hydrogen) atoms. The molecule has 1 rings (SSSR count). The quantitative estimate of drug-likeness (QED) is 0.588. The van der Waals surface area contributed by atoms with E-state index in [9.17, 15) is 4.79 Å². The van der Waals surface area contributed by atoms with Gasteiger partial charge in [0.2, 0.25) is 5.91 Å². The SMILES string of the molecule is CC1(NC(=O)CCCCBr)CCC1. The van der Waals surface area contributed by atoms with Crippen LogP contribution in [0.2, 0.25) is 0 Å². The van der Waals surface area contributed by atoms with Crippen molar-refractivity contribution in [1.82, 2.24) is 5.32 Å². The highest BCUT2D eigenvalue weighted by molar-refractivity contribution is 9.09. The van der Waals surface area contributed by atoms with Crippen LogP contribution >= 0.6 is 15.9 Å². The second kappa shape index (κ2) is 4.99. The van der Waals surface area contributed by atoms with E-state index in [1.165, 1.54) is 6.42 Å². The Balaban J connectivity index is 2.10. The summed E-state index contributed by atoms with van der Waals surface area (Å²) < 4.78 is 0. The van der Waals surface area contributed by atoms with Gasteiger partial charge in [0.25, 0.3) is 0 Å². The van der Waals surface area contributed by atoms with Crippen LogP contribution in [0.1, 0.15) is 45.4 Å². The molecular formula is C10H18BrNO. The summed E-state index contributed by atoms with van der Waals surface area (Å²) >= 11 is 3.35. The Labute approximate surface area is 88.6 Å². The van der Waals surface area contributed by atoms with Crippen LogP contribution in [0.15, 0.2) is 0 Å². The van der Waals surface area contributed by atoms with E-state index < -0.39 is 0 Å². The van der Waals surface area contributed by atoms with Crippen LogP contribution in [-0.4, -0.2) is 16.8 Å². The molecule has 3 heteroatoms. The van der Waals surface area contributed by atoms with Crippen LogP contribution in [0.3, 0.4) is 0 Å². The van der Waals surface area contributed by atoms with Crippen LogP contribution in [0.4, 0.5) is 0 Å². The largest absolute Gasteiger partial charge is 0.351 e. The average Bonchev–Trinajstić information content (AvgIpc) is 2.02. The number of rotatable bonds is 5. The van der Waals surface area contributed by atoms with Crippen molar-refractivity contribution in [2.24, 2.45) is 0 Å². The van der Waals surface area contributed by atoms with Crippen molar-refractivity contribution in [1.29, 1.82) is 0 Å². The van der Waals surface area contributed by atoms with Gasteiger partial charge >= 0.3 is 0 Å². The van der Waals surface area contributed by atoms with Gasteiger partial charge in [-0.15, -0.1) is 0 Å². The molecule has 0 aromatic heterocycles. The number of halogens is 1. The van der Waals surface area contributed by atoms with E-state index in [0.717, 1.165) is 31.0 Å². The second-order valence-electron chi connectivity index (χ2n) is 4.11. The van der Waals surface area contributed by atoms with E-state index in [4.69, 9.17) is 0 Å². The van der Waals surface area contributed by atoms with Gasteiger partial charge in [-0.2, -0.15) is 0 Å². The average molecular weight is 248 g/mol. The summed E-state index contributed by atoms with van der Waals surface area (Å²) in [4.78, 5) is 11.4.